The van der Waals surface area contributed by atoms with Crippen molar-refractivity contribution in [3.63, 3.8) is 0 Å². The highest BCUT2D eigenvalue weighted by atomic mass is 19.1. The van der Waals surface area contributed by atoms with Crippen LogP contribution >= 0.6 is 0 Å². The van der Waals surface area contributed by atoms with Crippen molar-refractivity contribution in [2.45, 2.75) is 57.1 Å². The molecule has 0 saturated heterocycles. The minimum Gasteiger partial charge on any atom is -0.392 e. The van der Waals surface area contributed by atoms with Crippen molar-refractivity contribution in [1.29, 1.82) is 0 Å². The molecule has 1 N–H and O–H groups in total. The second-order valence-electron chi connectivity index (χ2n) is 9.46. The number of hydrogen-bond donors (Lipinski definition) is 1. The van der Waals surface area contributed by atoms with E-state index in [9.17, 15) is 9.50 Å². The quantitative estimate of drug-likeness (QED) is 0.879. The molecule has 2 heterocycles. The van der Waals surface area contributed by atoms with Gasteiger partial charge in [-0.3, -0.25) is 0 Å². The number of aromatic nitrogens is 2. The fourth-order valence-electron chi connectivity index (χ4n) is 7.24. The third kappa shape index (κ3) is 2.05. The first-order valence-electron chi connectivity index (χ1n) is 10.1. The Hall–Kier alpha value is -1.68. The van der Waals surface area contributed by atoms with Gasteiger partial charge >= 0.3 is 0 Å². The molecule has 4 fully saturated rings. The van der Waals surface area contributed by atoms with Gasteiger partial charge in [0.1, 0.15) is 5.82 Å². The van der Waals surface area contributed by atoms with E-state index in [1.807, 2.05) is 18.6 Å². The Labute approximate surface area is 153 Å². The molecule has 4 saturated carbocycles. The lowest BCUT2D eigenvalue weighted by Crippen LogP contribution is -2.52. The fraction of sp³-hybridized carbons (Fsp3) is 0.591. The second kappa shape index (κ2) is 5.19. The predicted molar refractivity (Wildman–Crippen MR) is 97.0 cm³/mol. The SMILES string of the molecule is OC(CC1c2cc(F)ccc2-c2cncn21)C12CC3CC(CC(C3)C1)C2. The number of aliphatic hydroxyl groups is 1. The second-order valence-corrected chi connectivity index (χ2v) is 9.46. The monoisotopic (exact) mass is 352 g/mol. The van der Waals surface area contributed by atoms with Crippen LogP contribution in [-0.4, -0.2) is 20.8 Å². The molecule has 1 aromatic carbocycles. The first-order chi connectivity index (χ1) is 12.6. The Bertz CT molecular complexity index is 837. The summed E-state index contributed by atoms with van der Waals surface area (Å²) >= 11 is 0. The third-order valence-corrected chi connectivity index (χ3v) is 7.89. The van der Waals surface area contributed by atoms with Gasteiger partial charge in [-0.1, -0.05) is 0 Å². The third-order valence-electron chi connectivity index (χ3n) is 7.89. The maximum Gasteiger partial charge on any atom is 0.123 e. The lowest BCUT2D eigenvalue weighted by molar-refractivity contribution is -0.124. The molecule has 26 heavy (non-hydrogen) atoms. The summed E-state index contributed by atoms with van der Waals surface area (Å²) in [7, 11) is 0. The first-order valence-corrected chi connectivity index (χ1v) is 10.1. The minimum absolute atomic E-state index is 0.00112. The number of nitrogens with zero attached hydrogens (tertiary/aromatic N) is 2. The van der Waals surface area contributed by atoms with Gasteiger partial charge < -0.3 is 9.67 Å². The lowest BCUT2D eigenvalue weighted by Gasteiger charge is -2.58. The minimum atomic E-state index is -0.314. The molecule has 0 radical (unpaired) electrons. The highest BCUT2D eigenvalue weighted by Gasteiger charge is 2.54. The summed E-state index contributed by atoms with van der Waals surface area (Å²) in [5.41, 5.74) is 3.21. The number of halogens is 1. The molecular weight excluding hydrogens is 327 g/mol. The summed E-state index contributed by atoms with van der Waals surface area (Å²) in [6, 6.07) is 5.03. The number of hydrogen-bond acceptors (Lipinski definition) is 2. The van der Waals surface area contributed by atoms with E-state index in [1.165, 1.54) is 44.6 Å². The van der Waals surface area contributed by atoms with Crippen LogP contribution in [0.1, 0.15) is 56.6 Å². The van der Waals surface area contributed by atoms with E-state index in [0.29, 0.717) is 6.42 Å². The van der Waals surface area contributed by atoms with Crippen molar-refractivity contribution in [1.82, 2.24) is 9.55 Å². The molecule has 136 valence electrons. The Morgan fingerprint density at radius 1 is 1.15 bits per heavy atom. The van der Waals surface area contributed by atoms with Gasteiger partial charge in [-0.2, -0.15) is 0 Å². The van der Waals surface area contributed by atoms with Crippen molar-refractivity contribution in [2.24, 2.45) is 23.2 Å². The summed E-state index contributed by atoms with van der Waals surface area (Å²) in [5, 5.41) is 11.4. The Morgan fingerprint density at radius 3 is 2.54 bits per heavy atom. The summed E-state index contributed by atoms with van der Waals surface area (Å²) in [6.07, 6.45) is 11.8. The van der Waals surface area contributed by atoms with Gasteiger partial charge in [-0.25, -0.2) is 9.37 Å². The molecule has 4 aliphatic carbocycles. The van der Waals surface area contributed by atoms with Crippen molar-refractivity contribution < 1.29 is 9.50 Å². The van der Waals surface area contributed by atoms with Crippen molar-refractivity contribution in [3.05, 3.63) is 42.1 Å². The van der Waals surface area contributed by atoms with Crippen LogP contribution in [0.25, 0.3) is 11.3 Å². The normalized spacial score (nSPS) is 37.6. The number of benzene rings is 1. The zero-order valence-electron chi connectivity index (χ0n) is 14.9. The summed E-state index contributed by atoms with van der Waals surface area (Å²) in [4.78, 5) is 4.30. The smallest absolute Gasteiger partial charge is 0.123 e. The van der Waals surface area contributed by atoms with Crippen LogP contribution in [0.5, 0.6) is 0 Å². The van der Waals surface area contributed by atoms with Crippen LogP contribution in [0.15, 0.2) is 30.7 Å². The number of fused-ring (bicyclic) bond motifs is 3. The maximum atomic E-state index is 13.9. The molecule has 2 unspecified atom stereocenters. The highest BCUT2D eigenvalue weighted by Crippen LogP contribution is 2.62. The topological polar surface area (TPSA) is 38.1 Å². The molecule has 0 amide bonds. The van der Waals surface area contributed by atoms with Gasteiger partial charge in [0.15, 0.2) is 0 Å². The number of aliphatic hydroxyl groups excluding tert-OH is 1. The van der Waals surface area contributed by atoms with Gasteiger partial charge in [-0.05, 0) is 91.9 Å². The summed E-state index contributed by atoms with van der Waals surface area (Å²) in [5.74, 6) is 2.28. The molecule has 1 aromatic heterocycles. The zero-order chi connectivity index (χ0) is 17.5. The van der Waals surface area contributed by atoms with E-state index in [1.54, 1.807) is 6.07 Å². The van der Waals surface area contributed by atoms with E-state index in [4.69, 9.17) is 0 Å². The first kappa shape index (κ1) is 15.4. The average molecular weight is 352 g/mol. The van der Waals surface area contributed by atoms with Crippen LogP contribution in [0, 0.1) is 29.0 Å². The van der Waals surface area contributed by atoms with Crippen LogP contribution in [0.2, 0.25) is 0 Å². The molecule has 2 aromatic rings. The molecule has 4 bridgehead atoms. The van der Waals surface area contributed by atoms with Crippen LogP contribution in [0.4, 0.5) is 4.39 Å². The van der Waals surface area contributed by atoms with Gasteiger partial charge in [0.25, 0.3) is 0 Å². The van der Waals surface area contributed by atoms with Gasteiger partial charge in [-0.15, -0.1) is 0 Å². The van der Waals surface area contributed by atoms with Crippen molar-refractivity contribution in [3.8, 4) is 11.3 Å². The van der Waals surface area contributed by atoms with E-state index >= 15 is 0 Å². The highest BCUT2D eigenvalue weighted by molar-refractivity contribution is 5.69. The van der Waals surface area contributed by atoms with Crippen molar-refractivity contribution >= 4 is 0 Å². The summed E-state index contributed by atoms with van der Waals surface area (Å²) in [6.45, 7) is 0. The van der Waals surface area contributed by atoms with E-state index in [-0.39, 0.29) is 23.4 Å². The van der Waals surface area contributed by atoms with E-state index < -0.39 is 0 Å². The molecule has 2 atom stereocenters. The predicted octanol–water partition coefficient (Wildman–Crippen LogP) is 4.56. The fourth-order valence-corrected chi connectivity index (χ4v) is 7.24. The lowest BCUT2D eigenvalue weighted by atomic mass is 9.48. The maximum absolute atomic E-state index is 13.9. The zero-order valence-corrected chi connectivity index (χ0v) is 14.9. The van der Waals surface area contributed by atoms with Crippen LogP contribution < -0.4 is 0 Å². The van der Waals surface area contributed by atoms with Gasteiger partial charge in [0.05, 0.1) is 30.4 Å². The number of imidazole rings is 1. The molecule has 5 aliphatic rings. The molecular formula is C22H25FN2O. The Morgan fingerprint density at radius 2 is 1.85 bits per heavy atom. The van der Waals surface area contributed by atoms with E-state index in [0.717, 1.165) is 34.6 Å². The average Bonchev–Trinajstić information content (AvgIpc) is 3.16. The van der Waals surface area contributed by atoms with Crippen molar-refractivity contribution in [2.75, 3.05) is 0 Å². The Kier molecular flexibility index (Phi) is 3.07. The van der Waals surface area contributed by atoms with Gasteiger partial charge in [0.2, 0.25) is 0 Å². The number of rotatable bonds is 3. The Balaban J connectivity index is 1.34. The molecule has 7 rings (SSSR count). The van der Waals surface area contributed by atoms with E-state index in [2.05, 4.69) is 9.55 Å². The van der Waals surface area contributed by atoms with Gasteiger partial charge in [0, 0.05) is 5.56 Å². The molecule has 0 spiro atoms. The molecule has 3 nitrogen and oxygen atoms in total. The molecule has 1 aliphatic heterocycles. The standard InChI is InChI=1S/C22H25FN2O/c23-16-1-2-17-18(6-16)19(25-12-24-11-20(17)25)7-21(26)22-8-13-3-14(9-22)5-15(4-13)10-22/h1-2,6,11-15,19,21,26H,3-5,7-10H2. The largest absolute Gasteiger partial charge is 0.392 e. The van der Waals surface area contributed by atoms with Crippen LogP contribution in [-0.2, 0) is 0 Å². The van der Waals surface area contributed by atoms with Crippen LogP contribution in [0.3, 0.4) is 0 Å². The summed E-state index contributed by atoms with van der Waals surface area (Å²) < 4.78 is 16.1. The molecule has 4 heteroatoms.